The van der Waals surface area contributed by atoms with Crippen LogP contribution in [-0.2, 0) is 17.0 Å². The molecule has 0 radical (unpaired) electrons. The van der Waals surface area contributed by atoms with E-state index in [1.165, 1.54) is 52.6 Å². The largest absolute Gasteiger partial charge is 1.00 e. The first-order valence-electron chi connectivity index (χ1n) is 14.4. The van der Waals surface area contributed by atoms with Crippen molar-refractivity contribution in [2.24, 2.45) is 10.8 Å². The molecule has 5 heteroatoms. The fraction of sp³-hybridized carbons (Fsp3) is 0.371. The van der Waals surface area contributed by atoms with Gasteiger partial charge in [0, 0.05) is 0 Å². The maximum Gasteiger partial charge on any atom is -1.00 e. The summed E-state index contributed by atoms with van der Waals surface area (Å²) in [5.74, 6) is 1.08. The first-order valence-corrected chi connectivity index (χ1v) is 20.1. The van der Waals surface area contributed by atoms with E-state index in [0.717, 1.165) is 5.75 Å². The molecule has 0 unspecified atom stereocenters. The van der Waals surface area contributed by atoms with Crippen molar-refractivity contribution >= 4 is 28.6 Å². The van der Waals surface area contributed by atoms with Crippen LogP contribution in [0.15, 0.2) is 87.3 Å². The third kappa shape index (κ3) is 5.48. The number of hydrogen-bond acceptors (Lipinski definition) is 1. The minimum atomic E-state index is -2.16. The fourth-order valence-electron chi connectivity index (χ4n) is 6.99. The van der Waals surface area contributed by atoms with Crippen molar-refractivity contribution in [3.63, 3.8) is 0 Å². The van der Waals surface area contributed by atoms with E-state index in [4.69, 9.17) is 3.32 Å². The van der Waals surface area contributed by atoms with E-state index in [1.54, 1.807) is 26.2 Å². The Balaban J connectivity index is 0.00000185. The second kappa shape index (κ2) is 12.0. The van der Waals surface area contributed by atoms with Crippen molar-refractivity contribution in [2.75, 3.05) is 0 Å². The van der Waals surface area contributed by atoms with Crippen molar-refractivity contribution < 1.29 is 45.1 Å². The summed E-state index contributed by atoms with van der Waals surface area (Å²) in [7, 11) is 0. The summed E-state index contributed by atoms with van der Waals surface area (Å²) in [5, 5.41) is 5.41. The van der Waals surface area contributed by atoms with Gasteiger partial charge in [0.05, 0.1) is 0 Å². The van der Waals surface area contributed by atoms with Crippen LogP contribution in [0.2, 0.25) is 12.1 Å². The fourth-order valence-corrected chi connectivity index (χ4v) is 17.9. The number of hydrogen-bond donors (Lipinski definition) is 0. The van der Waals surface area contributed by atoms with Crippen LogP contribution in [0.25, 0.3) is 22.4 Å². The molecular formula is C35H40Cl2OSiTi. The molecule has 0 saturated heterocycles. The summed E-state index contributed by atoms with van der Waals surface area (Å²) < 4.78 is 9.09. The SMILES string of the molecule is CC[Si](CC)=[Ti+2]([O]c1ccc2ccccc2c1)[C]1=C2CC(C)(C)CCC2=C2C1=c1ccccc1=CC2(C)C.[Cl-].[Cl-]. The Kier molecular flexibility index (Phi) is 9.40. The zero-order valence-electron chi connectivity index (χ0n) is 24.6. The summed E-state index contributed by atoms with van der Waals surface area (Å²) in [4.78, 5) is 0. The Morgan fingerprint density at radius 1 is 0.825 bits per heavy atom. The number of benzene rings is 3. The molecule has 0 amide bonds. The van der Waals surface area contributed by atoms with Crippen LogP contribution in [0, 0.1) is 10.8 Å². The quantitative estimate of drug-likeness (QED) is 0.397. The van der Waals surface area contributed by atoms with Gasteiger partial charge >= 0.3 is 236 Å². The second-order valence-corrected chi connectivity index (χ2v) is 22.6. The molecule has 0 atom stereocenters. The van der Waals surface area contributed by atoms with E-state index in [-0.39, 0.29) is 30.2 Å². The third-order valence-electron chi connectivity index (χ3n) is 8.91. The Bertz CT molecular complexity index is 1690. The summed E-state index contributed by atoms with van der Waals surface area (Å²) in [6.07, 6.45) is 5.55. The predicted octanol–water partition coefficient (Wildman–Crippen LogP) is 2.24. The molecule has 0 aromatic heterocycles. The van der Waals surface area contributed by atoms with Crippen molar-refractivity contribution in [3.05, 3.63) is 97.8 Å². The standard InChI is InChI=1S/C21H23.C10H8O.C4H10Si.2ClH.Ti/c1-20(2)10-9-17-15(12-20)11-18-16-8-6-5-7-14(16)13-21(3,4)19(17)18;11-10-6-5-8-3-1-2-4-9(8)7-10;1-3-5-4-2;;;/h5-8,13H,9-10,12H2,1-4H3;1-7,11H;3-4H2,1-2H3;2*1H;/q;;;;;+3/p-3. The van der Waals surface area contributed by atoms with Gasteiger partial charge in [-0.05, 0) is 0 Å². The van der Waals surface area contributed by atoms with Gasteiger partial charge in [-0.3, -0.25) is 0 Å². The van der Waals surface area contributed by atoms with Crippen LogP contribution < -0.4 is 38.6 Å². The first kappa shape index (κ1) is 31.4. The molecule has 0 spiro atoms. The van der Waals surface area contributed by atoms with Gasteiger partial charge in [-0.2, -0.15) is 0 Å². The molecule has 1 nitrogen and oxygen atoms in total. The Labute approximate surface area is 259 Å². The molecule has 3 aromatic carbocycles. The molecule has 6 rings (SSSR count). The van der Waals surface area contributed by atoms with Crippen molar-refractivity contribution in [1.82, 2.24) is 0 Å². The summed E-state index contributed by atoms with van der Waals surface area (Å²) >= 11 is -2.16. The Morgan fingerprint density at radius 3 is 2.23 bits per heavy atom. The predicted molar refractivity (Wildman–Crippen MR) is 160 cm³/mol. The normalized spacial score (nSPS) is 17.9. The molecule has 0 aliphatic heterocycles. The van der Waals surface area contributed by atoms with Crippen molar-refractivity contribution in [1.29, 1.82) is 0 Å². The van der Waals surface area contributed by atoms with Crippen molar-refractivity contribution in [3.8, 4) is 5.75 Å². The topological polar surface area (TPSA) is 9.23 Å². The number of halogens is 2. The van der Waals surface area contributed by atoms with Gasteiger partial charge in [0.1, 0.15) is 0 Å². The van der Waals surface area contributed by atoms with Crippen LogP contribution in [0.3, 0.4) is 0 Å². The average molecular weight is 624 g/mol. The Morgan fingerprint density at radius 2 is 1.50 bits per heavy atom. The monoisotopic (exact) mass is 622 g/mol. The van der Waals surface area contributed by atoms with Crippen LogP contribution in [0.4, 0.5) is 0 Å². The zero-order chi connectivity index (χ0) is 26.7. The molecule has 208 valence electrons. The van der Waals surface area contributed by atoms with E-state index in [0.29, 0.717) is 5.41 Å². The molecule has 0 N–H and O–H groups in total. The molecule has 0 bridgehead atoms. The molecule has 0 heterocycles. The molecule has 3 aliphatic carbocycles. The minimum absolute atomic E-state index is 0. The van der Waals surface area contributed by atoms with Gasteiger partial charge in [0.25, 0.3) is 0 Å². The average Bonchev–Trinajstić information content (AvgIpc) is 3.23. The second-order valence-electron chi connectivity index (χ2n) is 12.6. The van der Waals surface area contributed by atoms with Gasteiger partial charge in [0.2, 0.25) is 0 Å². The van der Waals surface area contributed by atoms with Gasteiger partial charge in [0.15, 0.2) is 0 Å². The Hall–Kier alpha value is -1.55. The molecule has 3 aromatic rings. The molecule has 3 aliphatic rings. The van der Waals surface area contributed by atoms with Gasteiger partial charge < -0.3 is 24.8 Å². The van der Waals surface area contributed by atoms with Crippen LogP contribution in [-0.4, -0.2) is 6.19 Å². The summed E-state index contributed by atoms with van der Waals surface area (Å²) in [5.41, 5.74) is 6.93. The molecule has 1 saturated carbocycles. The van der Waals surface area contributed by atoms with E-state index in [9.17, 15) is 0 Å². The molecular weight excluding hydrogens is 583 g/mol. The number of fused-ring (bicyclic) bond motifs is 4. The van der Waals surface area contributed by atoms with Crippen LogP contribution >= 0.6 is 0 Å². The van der Waals surface area contributed by atoms with Crippen LogP contribution in [0.5, 0.6) is 5.75 Å². The molecule has 40 heavy (non-hydrogen) atoms. The number of allylic oxidation sites excluding steroid dienone is 4. The van der Waals surface area contributed by atoms with Crippen molar-refractivity contribution in [2.45, 2.75) is 72.9 Å². The summed E-state index contributed by atoms with van der Waals surface area (Å²) in [6, 6.07) is 27.2. The van der Waals surface area contributed by atoms with E-state index >= 15 is 0 Å². The number of rotatable bonds is 5. The third-order valence-corrected chi connectivity index (χ3v) is 21.3. The van der Waals surface area contributed by atoms with Gasteiger partial charge in [-0.15, -0.1) is 0 Å². The van der Waals surface area contributed by atoms with Gasteiger partial charge in [-0.25, -0.2) is 0 Å². The van der Waals surface area contributed by atoms with Gasteiger partial charge in [-0.1, -0.05) is 0 Å². The van der Waals surface area contributed by atoms with Crippen LogP contribution in [0.1, 0.15) is 60.8 Å². The maximum absolute atomic E-state index is 7.40. The first-order chi connectivity index (χ1) is 18.2. The minimum Gasteiger partial charge on any atom is -1.00 e. The van der Waals surface area contributed by atoms with E-state index in [1.807, 2.05) is 0 Å². The van der Waals surface area contributed by atoms with E-state index in [2.05, 4.69) is 114 Å². The molecule has 1 fully saturated rings. The zero-order valence-corrected chi connectivity index (χ0v) is 28.7. The summed E-state index contributed by atoms with van der Waals surface area (Å²) in [6.45, 7) is 14.7. The maximum atomic E-state index is 7.40. The smallest absolute Gasteiger partial charge is 1.00 e. The van der Waals surface area contributed by atoms with E-state index < -0.39 is 23.2 Å².